The Morgan fingerprint density at radius 2 is 1.93 bits per heavy atom. The molecule has 1 aromatic heterocycles. The Labute approximate surface area is 168 Å². The summed E-state index contributed by atoms with van der Waals surface area (Å²) in [6, 6.07) is 8.02. The molecule has 6 heteroatoms. The van der Waals surface area contributed by atoms with Crippen molar-refractivity contribution >= 4 is 5.82 Å². The van der Waals surface area contributed by atoms with Crippen molar-refractivity contribution in [2.75, 3.05) is 51.3 Å². The number of ether oxygens (including phenoxy) is 2. The summed E-state index contributed by atoms with van der Waals surface area (Å²) in [4.78, 5) is 11.7. The van der Waals surface area contributed by atoms with Crippen molar-refractivity contribution in [2.24, 2.45) is 0 Å². The third kappa shape index (κ3) is 6.17. The first-order chi connectivity index (χ1) is 13.8. The van der Waals surface area contributed by atoms with Crippen LogP contribution in [0.3, 0.4) is 0 Å². The molecule has 6 nitrogen and oxygen atoms in total. The molecule has 2 aromatic rings. The van der Waals surface area contributed by atoms with Gasteiger partial charge in [0.05, 0.1) is 19.8 Å². The van der Waals surface area contributed by atoms with Gasteiger partial charge >= 0.3 is 0 Å². The van der Waals surface area contributed by atoms with Crippen LogP contribution in [0.5, 0.6) is 5.75 Å². The minimum Gasteiger partial charge on any atom is -0.494 e. The van der Waals surface area contributed by atoms with Crippen molar-refractivity contribution in [3.63, 3.8) is 0 Å². The summed E-state index contributed by atoms with van der Waals surface area (Å²) in [5.41, 5.74) is 2.06. The number of nitrogens with zero attached hydrogens (tertiary/aromatic N) is 3. The van der Waals surface area contributed by atoms with Gasteiger partial charge in [0.1, 0.15) is 11.6 Å². The third-order valence-electron chi connectivity index (χ3n) is 4.90. The molecule has 0 unspecified atom stereocenters. The number of nitrogens with one attached hydrogen (secondary N) is 1. The number of rotatable bonds is 10. The Morgan fingerprint density at radius 1 is 1.14 bits per heavy atom. The SMILES string of the molecule is CCCCOc1ccc(-c2ncc(C)c(NCCCN3CCOCC3)n2)cc1. The smallest absolute Gasteiger partial charge is 0.161 e. The average Bonchev–Trinajstić information content (AvgIpc) is 2.74. The third-order valence-corrected chi connectivity index (χ3v) is 4.90. The van der Waals surface area contributed by atoms with Gasteiger partial charge in [0.2, 0.25) is 0 Å². The van der Waals surface area contributed by atoms with E-state index in [4.69, 9.17) is 14.5 Å². The topological polar surface area (TPSA) is 59.5 Å². The van der Waals surface area contributed by atoms with E-state index in [0.717, 1.165) is 93.8 Å². The maximum Gasteiger partial charge on any atom is 0.161 e. The fourth-order valence-corrected chi connectivity index (χ4v) is 3.13. The van der Waals surface area contributed by atoms with Crippen molar-refractivity contribution in [1.82, 2.24) is 14.9 Å². The van der Waals surface area contributed by atoms with Crippen LogP contribution in [0.2, 0.25) is 0 Å². The second-order valence-corrected chi connectivity index (χ2v) is 7.19. The zero-order chi connectivity index (χ0) is 19.6. The van der Waals surface area contributed by atoms with Crippen LogP contribution < -0.4 is 10.1 Å². The predicted molar refractivity (Wildman–Crippen MR) is 113 cm³/mol. The predicted octanol–water partition coefficient (Wildman–Crippen LogP) is 3.77. The monoisotopic (exact) mass is 384 g/mol. The van der Waals surface area contributed by atoms with Crippen LogP contribution in [0, 0.1) is 6.92 Å². The zero-order valence-corrected chi connectivity index (χ0v) is 17.1. The summed E-state index contributed by atoms with van der Waals surface area (Å²) in [5, 5.41) is 3.47. The van der Waals surface area contributed by atoms with Gasteiger partial charge < -0.3 is 14.8 Å². The van der Waals surface area contributed by atoms with Crippen LogP contribution >= 0.6 is 0 Å². The van der Waals surface area contributed by atoms with E-state index in [2.05, 4.69) is 22.1 Å². The first-order valence-corrected chi connectivity index (χ1v) is 10.4. The molecule has 0 aliphatic carbocycles. The van der Waals surface area contributed by atoms with E-state index in [-0.39, 0.29) is 0 Å². The highest BCUT2D eigenvalue weighted by atomic mass is 16.5. The van der Waals surface area contributed by atoms with Crippen molar-refractivity contribution in [2.45, 2.75) is 33.1 Å². The van der Waals surface area contributed by atoms with Gasteiger partial charge in [0.25, 0.3) is 0 Å². The lowest BCUT2D eigenvalue weighted by Gasteiger charge is -2.26. The van der Waals surface area contributed by atoms with Crippen molar-refractivity contribution < 1.29 is 9.47 Å². The molecule has 1 aromatic carbocycles. The number of morpholine rings is 1. The minimum absolute atomic E-state index is 0.737. The minimum atomic E-state index is 0.737. The molecular weight excluding hydrogens is 352 g/mol. The standard InChI is InChI=1S/C22H32N4O2/c1-3-4-14-28-20-8-6-19(7-9-20)22-24-17-18(2)21(25-22)23-10-5-11-26-12-15-27-16-13-26/h6-9,17H,3-5,10-16H2,1-2H3,(H,23,24,25). The molecule has 0 amide bonds. The van der Waals surface area contributed by atoms with E-state index in [1.165, 1.54) is 0 Å². The highest BCUT2D eigenvalue weighted by Gasteiger charge is 2.10. The van der Waals surface area contributed by atoms with Gasteiger partial charge in [0, 0.05) is 37.0 Å². The number of anilines is 1. The molecule has 0 saturated carbocycles. The molecule has 2 heterocycles. The van der Waals surface area contributed by atoms with Gasteiger partial charge in [-0.15, -0.1) is 0 Å². The van der Waals surface area contributed by atoms with Gasteiger partial charge in [-0.25, -0.2) is 9.97 Å². The first kappa shape index (κ1) is 20.6. The Morgan fingerprint density at radius 3 is 2.68 bits per heavy atom. The van der Waals surface area contributed by atoms with Gasteiger partial charge in [-0.3, -0.25) is 4.90 Å². The fraction of sp³-hybridized carbons (Fsp3) is 0.545. The van der Waals surface area contributed by atoms with Gasteiger partial charge in [-0.1, -0.05) is 13.3 Å². The molecule has 0 bridgehead atoms. The molecule has 1 saturated heterocycles. The second kappa shape index (κ2) is 11.0. The quantitative estimate of drug-likeness (QED) is 0.630. The molecule has 152 valence electrons. The second-order valence-electron chi connectivity index (χ2n) is 7.19. The Balaban J connectivity index is 1.53. The lowest BCUT2D eigenvalue weighted by molar-refractivity contribution is 0.0378. The van der Waals surface area contributed by atoms with Crippen LogP contribution in [0.25, 0.3) is 11.4 Å². The van der Waals surface area contributed by atoms with Crippen molar-refractivity contribution in [3.8, 4) is 17.1 Å². The van der Waals surface area contributed by atoms with Gasteiger partial charge in [-0.2, -0.15) is 0 Å². The van der Waals surface area contributed by atoms with Crippen LogP contribution in [0.1, 0.15) is 31.7 Å². The average molecular weight is 385 g/mol. The summed E-state index contributed by atoms with van der Waals surface area (Å²) in [6.45, 7) is 10.7. The van der Waals surface area contributed by atoms with E-state index in [0.29, 0.717) is 0 Å². The molecule has 1 aliphatic rings. The fourth-order valence-electron chi connectivity index (χ4n) is 3.13. The number of aromatic nitrogens is 2. The molecule has 0 radical (unpaired) electrons. The van der Waals surface area contributed by atoms with E-state index in [1.54, 1.807) is 0 Å². The summed E-state index contributed by atoms with van der Waals surface area (Å²) in [5.74, 6) is 2.54. The summed E-state index contributed by atoms with van der Waals surface area (Å²) in [6.07, 6.45) is 5.18. The summed E-state index contributed by atoms with van der Waals surface area (Å²) >= 11 is 0. The maximum absolute atomic E-state index is 5.73. The molecule has 3 rings (SSSR count). The summed E-state index contributed by atoms with van der Waals surface area (Å²) in [7, 11) is 0. The molecular formula is C22H32N4O2. The number of unbranched alkanes of at least 4 members (excludes halogenated alkanes) is 1. The summed E-state index contributed by atoms with van der Waals surface area (Å²) < 4.78 is 11.1. The van der Waals surface area contributed by atoms with Crippen molar-refractivity contribution in [3.05, 3.63) is 36.0 Å². The van der Waals surface area contributed by atoms with Crippen molar-refractivity contribution in [1.29, 1.82) is 0 Å². The first-order valence-electron chi connectivity index (χ1n) is 10.4. The molecule has 1 fully saturated rings. The van der Waals surface area contributed by atoms with E-state index >= 15 is 0 Å². The highest BCUT2D eigenvalue weighted by Crippen LogP contribution is 2.22. The highest BCUT2D eigenvalue weighted by molar-refractivity contribution is 5.59. The van der Waals surface area contributed by atoms with Gasteiger partial charge in [-0.05, 0) is 50.6 Å². The molecule has 0 spiro atoms. The van der Waals surface area contributed by atoms with Crippen LogP contribution in [0.15, 0.2) is 30.5 Å². The van der Waals surface area contributed by atoms with Crippen LogP contribution in [-0.4, -0.2) is 60.9 Å². The van der Waals surface area contributed by atoms with Crippen LogP contribution in [-0.2, 0) is 4.74 Å². The largest absolute Gasteiger partial charge is 0.494 e. The number of aryl methyl sites for hydroxylation is 1. The van der Waals surface area contributed by atoms with E-state index < -0.39 is 0 Å². The molecule has 28 heavy (non-hydrogen) atoms. The zero-order valence-electron chi connectivity index (χ0n) is 17.1. The Hall–Kier alpha value is -2.18. The van der Waals surface area contributed by atoms with Gasteiger partial charge in [0.15, 0.2) is 5.82 Å². The Bertz CT molecular complexity index is 715. The van der Waals surface area contributed by atoms with E-state index in [9.17, 15) is 0 Å². The molecule has 0 atom stereocenters. The lowest BCUT2D eigenvalue weighted by Crippen LogP contribution is -2.37. The number of hydrogen-bond donors (Lipinski definition) is 1. The Kier molecular flexibility index (Phi) is 8.06. The normalized spacial score (nSPS) is 14.8. The lowest BCUT2D eigenvalue weighted by atomic mass is 10.2. The maximum atomic E-state index is 5.73. The molecule has 1 N–H and O–H groups in total. The van der Waals surface area contributed by atoms with E-state index in [1.807, 2.05) is 37.4 Å². The molecule has 1 aliphatic heterocycles. The number of benzene rings is 1. The van der Waals surface area contributed by atoms with Crippen LogP contribution in [0.4, 0.5) is 5.82 Å². The number of hydrogen-bond acceptors (Lipinski definition) is 6.